The van der Waals surface area contributed by atoms with Crippen LogP contribution in [0.3, 0.4) is 0 Å². The van der Waals surface area contributed by atoms with E-state index >= 15 is 0 Å². The summed E-state index contributed by atoms with van der Waals surface area (Å²) >= 11 is 0. The molecule has 0 aromatic rings. The molecule has 7 N–H and O–H groups in total. The fraction of sp³-hybridized carbons (Fsp3) is 0.794. The number of hydrogen-bond donors (Lipinski definition) is 6. The summed E-state index contributed by atoms with van der Waals surface area (Å²) in [7, 11) is 0. The van der Waals surface area contributed by atoms with Crippen LogP contribution >= 0.6 is 0 Å². The zero-order valence-electron chi connectivity index (χ0n) is 30.6. The molecule has 1 unspecified atom stereocenters. The molecule has 0 heterocycles. The molecule has 0 aromatic carbocycles. The Morgan fingerprint density at radius 3 is 1.92 bits per heavy atom. The Bertz CT molecular complexity index is 1130. The van der Waals surface area contributed by atoms with E-state index < -0.39 is 77.7 Å². The molecule has 0 bridgehead atoms. The number of hydrogen-bond acceptors (Lipinski definition) is 9. The molecule has 0 aliphatic heterocycles. The third-order valence-corrected chi connectivity index (χ3v) is 7.77. The summed E-state index contributed by atoms with van der Waals surface area (Å²) in [4.78, 5) is 89.9. The summed E-state index contributed by atoms with van der Waals surface area (Å²) in [6.07, 6.45) is 4.40. The van der Waals surface area contributed by atoms with Crippen LogP contribution in [0.25, 0.3) is 0 Å². The van der Waals surface area contributed by atoms with Gasteiger partial charge < -0.3 is 41.8 Å². The second kappa shape index (κ2) is 21.4. The van der Waals surface area contributed by atoms with Gasteiger partial charge in [0.15, 0.2) is 0 Å². The number of carbonyl (C=O) groups excluding carboxylic acids is 7. The van der Waals surface area contributed by atoms with Crippen molar-refractivity contribution in [2.24, 2.45) is 23.5 Å². The minimum absolute atomic E-state index is 0.0340. The van der Waals surface area contributed by atoms with Crippen molar-refractivity contribution >= 4 is 41.4 Å². The van der Waals surface area contributed by atoms with Gasteiger partial charge in [0, 0.05) is 0 Å². The van der Waals surface area contributed by atoms with Gasteiger partial charge in [0.1, 0.15) is 18.1 Å². The monoisotopic (exact) mass is 696 g/mol. The Kier molecular flexibility index (Phi) is 18.9. The van der Waals surface area contributed by atoms with Crippen molar-refractivity contribution in [3.8, 4) is 0 Å². The number of carbonyl (C=O) groups is 7. The topological polar surface area (TPSA) is 224 Å². The summed E-state index contributed by atoms with van der Waals surface area (Å²) < 4.78 is 10.8. The molecule has 1 saturated carbocycles. The first kappa shape index (κ1) is 43.3. The Labute approximate surface area is 290 Å². The molecule has 1 aliphatic carbocycles. The highest BCUT2D eigenvalue weighted by Crippen LogP contribution is 2.27. The van der Waals surface area contributed by atoms with E-state index in [1.807, 2.05) is 27.7 Å². The highest BCUT2D eigenvalue weighted by atomic mass is 16.5. The summed E-state index contributed by atoms with van der Waals surface area (Å²) in [5, 5.41) is 12.7. The molecule has 6 amide bonds. The van der Waals surface area contributed by atoms with Gasteiger partial charge in [-0.3, -0.25) is 28.8 Å². The van der Waals surface area contributed by atoms with Crippen LogP contribution in [0.1, 0.15) is 107 Å². The second-order valence-electron chi connectivity index (χ2n) is 14.5. The van der Waals surface area contributed by atoms with Crippen molar-refractivity contribution in [2.75, 3.05) is 19.8 Å². The Morgan fingerprint density at radius 2 is 1.39 bits per heavy atom. The maximum absolute atomic E-state index is 13.7. The van der Waals surface area contributed by atoms with E-state index in [1.54, 1.807) is 27.7 Å². The second-order valence-corrected chi connectivity index (χ2v) is 14.5. The van der Waals surface area contributed by atoms with Crippen LogP contribution in [-0.4, -0.2) is 90.9 Å². The molecule has 280 valence electrons. The fourth-order valence-electron chi connectivity index (χ4n) is 5.25. The number of Topliss-reactive ketones (excluding diaryl/α,β-unsaturated/α-hetero) is 1. The Hall–Kier alpha value is -3.75. The summed E-state index contributed by atoms with van der Waals surface area (Å²) in [5.41, 5.74) is 4.76. The molecule has 15 nitrogen and oxygen atoms in total. The van der Waals surface area contributed by atoms with E-state index in [0.717, 1.165) is 32.1 Å². The number of nitrogens with one attached hydrogen (secondary N) is 5. The molecule has 1 fully saturated rings. The van der Waals surface area contributed by atoms with Gasteiger partial charge in [-0.15, -0.1) is 0 Å². The van der Waals surface area contributed by atoms with Gasteiger partial charge >= 0.3 is 6.09 Å². The van der Waals surface area contributed by atoms with Gasteiger partial charge in [-0.05, 0) is 64.2 Å². The predicted octanol–water partition coefficient (Wildman–Crippen LogP) is 1.60. The first-order chi connectivity index (χ1) is 22.8. The first-order valence-electron chi connectivity index (χ1n) is 17.4. The van der Waals surface area contributed by atoms with Crippen molar-refractivity contribution in [1.82, 2.24) is 26.6 Å². The Balaban J connectivity index is 2.98. The lowest BCUT2D eigenvalue weighted by Crippen LogP contribution is -2.58. The lowest BCUT2D eigenvalue weighted by Gasteiger charge is -2.31. The highest BCUT2D eigenvalue weighted by molar-refractivity contribution is 6.38. The zero-order chi connectivity index (χ0) is 37.3. The summed E-state index contributed by atoms with van der Waals surface area (Å²) in [6.45, 7) is 14.0. The third kappa shape index (κ3) is 17.5. The first-order valence-corrected chi connectivity index (χ1v) is 17.4. The average molecular weight is 697 g/mol. The quantitative estimate of drug-likeness (QED) is 0.102. The van der Waals surface area contributed by atoms with Gasteiger partial charge in [-0.1, -0.05) is 60.3 Å². The molecule has 0 radical (unpaired) electrons. The van der Waals surface area contributed by atoms with Gasteiger partial charge in [0.05, 0.1) is 31.4 Å². The fourth-order valence-corrected chi connectivity index (χ4v) is 5.25. The SMILES string of the molecule is CCCC(NC(=O)[C@H](CC(C)C)NC(=O)[C@@H](NC(=O)OCC(C)C)C1CCCCC1)C(=O)C(=O)NCC(=O)N[C@@H](COC(C)(C)C)C(N)=O. The molecular formula is C34H60N6O9. The van der Waals surface area contributed by atoms with Gasteiger partial charge in [0.25, 0.3) is 5.91 Å². The standard InChI is InChI=1S/C34H60N6O9/c1-9-13-23(28(42)32(46)36-17-26(41)37-25(29(35)43)19-49-34(6,7)8)38-30(44)24(16-20(2)3)39-31(45)27(22-14-11-10-12-15-22)40-33(47)48-18-21(4)5/h20-25,27H,9-19H2,1-8H3,(H2,35,43)(H,36,46)(H,37,41)(H,38,44)(H,39,45)(H,40,47)/t23?,24-,25-,27-/m0/s1. The van der Waals surface area contributed by atoms with Crippen LogP contribution < -0.4 is 32.3 Å². The summed E-state index contributed by atoms with van der Waals surface area (Å²) in [5.74, 6) is -4.94. The van der Waals surface area contributed by atoms with E-state index in [-0.39, 0.29) is 43.8 Å². The van der Waals surface area contributed by atoms with Crippen LogP contribution in [0.15, 0.2) is 0 Å². The minimum Gasteiger partial charge on any atom is -0.449 e. The van der Waals surface area contributed by atoms with Crippen LogP contribution in [0, 0.1) is 17.8 Å². The molecule has 15 heteroatoms. The zero-order valence-corrected chi connectivity index (χ0v) is 30.6. The maximum atomic E-state index is 13.7. The van der Waals surface area contributed by atoms with Crippen LogP contribution in [0.2, 0.25) is 0 Å². The molecular weight excluding hydrogens is 636 g/mol. The van der Waals surface area contributed by atoms with Crippen LogP contribution in [-0.2, 0) is 38.2 Å². The number of nitrogens with two attached hydrogens (primary N) is 1. The van der Waals surface area contributed by atoms with Crippen molar-refractivity contribution in [3.05, 3.63) is 0 Å². The van der Waals surface area contributed by atoms with E-state index in [1.165, 1.54) is 0 Å². The number of ether oxygens (including phenoxy) is 2. The molecule has 0 spiro atoms. The van der Waals surface area contributed by atoms with E-state index in [2.05, 4.69) is 26.6 Å². The maximum Gasteiger partial charge on any atom is 0.407 e. The molecule has 1 rings (SSSR count). The van der Waals surface area contributed by atoms with E-state index in [0.29, 0.717) is 6.42 Å². The number of rotatable bonds is 20. The van der Waals surface area contributed by atoms with Crippen molar-refractivity contribution in [3.63, 3.8) is 0 Å². The largest absolute Gasteiger partial charge is 0.449 e. The van der Waals surface area contributed by atoms with Gasteiger partial charge in [-0.2, -0.15) is 0 Å². The van der Waals surface area contributed by atoms with Crippen molar-refractivity contribution in [1.29, 1.82) is 0 Å². The van der Waals surface area contributed by atoms with Gasteiger partial charge in [-0.25, -0.2) is 4.79 Å². The molecule has 0 aromatic heterocycles. The minimum atomic E-state index is -1.23. The lowest BCUT2D eigenvalue weighted by atomic mass is 9.83. The number of amides is 6. The van der Waals surface area contributed by atoms with Gasteiger partial charge in [0.2, 0.25) is 29.4 Å². The third-order valence-electron chi connectivity index (χ3n) is 7.77. The van der Waals surface area contributed by atoms with Crippen LogP contribution in [0.4, 0.5) is 4.79 Å². The average Bonchev–Trinajstić information content (AvgIpc) is 3.01. The number of alkyl carbamates (subject to hydrolysis) is 1. The van der Waals surface area contributed by atoms with E-state index in [4.69, 9.17) is 15.2 Å². The molecule has 1 aliphatic rings. The molecule has 49 heavy (non-hydrogen) atoms. The number of primary amides is 1. The van der Waals surface area contributed by atoms with Crippen molar-refractivity contribution in [2.45, 2.75) is 137 Å². The normalized spacial score (nSPS) is 16.1. The van der Waals surface area contributed by atoms with Crippen molar-refractivity contribution < 1.29 is 43.0 Å². The molecule has 0 saturated heterocycles. The predicted molar refractivity (Wildman–Crippen MR) is 183 cm³/mol. The lowest BCUT2D eigenvalue weighted by molar-refractivity contribution is -0.141. The summed E-state index contributed by atoms with van der Waals surface area (Å²) in [6, 6.07) is -4.36. The van der Waals surface area contributed by atoms with Crippen LogP contribution in [0.5, 0.6) is 0 Å². The van der Waals surface area contributed by atoms with E-state index in [9.17, 15) is 33.6 Å². The smallest absolute Gasteiger partial charge is 0.407 e. The highest BCUT2D eigenvalue weighted by Gasteiger charge is 2.35. The number of ketones is 1. The Morgan fingerprint density at radius 1 is 0.776 bits per heavy atom. The molecule has 4 atom stereocenters.